The fraction of sp³-hybridized carbons (Fsp3) is 1.00. The number of hydrogen-bond acceptors (Lipinski definition) is 2. The Morgan fingerprint density at radius 2 is 2.15 bits per heavy atom. The summed E-state index contributed by atoms with van der Waals surface area (Å²) in [5.41, 5.74) is -0.505. The Bertz CT molecular complexity index is 202. The number of fused-ring (bicyclic) bond motifs is 1. The molecule has 1 N–H and O–H groups in total. The van der Waals surface area contributed by atoms with E-state index in [1.165, 1.54) is 0 Å². The molecule has 76 valence electrons. The summed E-state index contributed by atoms with van der Waals surface area (Å²) in [4.78, 5) is 0. The summed E-state index contributed by atoms with van der Waals surface area (Å²) in [6.45, 7) is 6.38. The Kier molecular flexibility index (Phi) is 2.16. The minimum atomic E-state index is -0.505. The fourth-order valence-electron chi connectivity index (χ4n) is 3.06. The molecule has 1 saturated heterocycles. The van der Waals surface area contributed by atoms with Gasteiger partial charge in [0.25, 0.3) is 0 Å². The smallest absolute Gasteiger partial charge is 0.0958 e. The van der Waals surface area contributed by atoms with Crippen molar-refractivity contribution in [3.63, 3.8) is 0 Å². The van der Waals surface area contributed by atoms with E-state index >= 15 is 0 Å². The van der Waals surface area contributed by atoms with Gasteiger partial charge in [0.1, 0.15) is 0 Å². The number of aliphatic hydroxyl groups is 1. The topological polar surface area (TPSA) is 29.5 Å². The zero-order valence-electron chi connectivity index (χ0n) is 8.79. The minimum absolute atomic E-state index is 0.0346. The van der Waals surface area contributed by atoms with E-state index in [4.69, 9.17) is 4.74 Å². The van der Waals surface area contributed by atoms with Gasteiger partial charge in [0, 0.05) is 5.92 Å². The molecule has 0 bridgehead atoms. The molecule has 0 unspecified atom stereocenters. The van der Waals surface area contributed by atoms with E-state index < -0.39 is 5.60 Å². The molecule has 2 heteroatoms. The molecule has 13 heavy (non-hydrogen) atoms. The highest BCUT2D eigenvalue weighted by molar-refractivity contribution is 5.05. The fourth-order valence-corrected chi connectivity index (χ4v) is 3.06. The normalized spacial score (nSPS) is 50.1. The summed E-state index contributed by atoms with van der Waals surface area (Å²) in [7, 11) is 0. The lowest BCUT2D eigenvalue weighted by Gasteiger charge is -2.26. The van der Waals surface area contributed by atoms with Gasteiger partial charge < -0.3 is 9.84 Å². The summed E-state index contributed by atoms with van der Waals surface area (Å²) in [5, 5.41) is 10.4. The molecule has 2 fully saturated rings. The van der Waals surface area contributed by atoms with E-state index in [0.717, 1.165) is 19.3 Å². The third-order valence-electron chi connectivity index (χ3n) is 3.85. The van der Waals surface area contributed by atoms with Gasteiger partial charge >= 0.3 is 0 Å². The van der Waals surface area contributed by atoms with E-state index in [9.17, 15) is 5.11 Å². The first-order valence-corrected chi connectivity index (χ1v) is 5.43. The summed E-state index contributed by atoms with van der Waals surface area (Å²) < 4.78 is 5.84. The average Bonchev–Trinajstić information content (AvgIpc) is 2.51. The second-order valence-corrected chi connectivity index (χ2v) is 4.98. The van der Waals surface area contributed by atoms with Crippen molar-refractivity contribution in [3.05, 3.63) is 0 Å². The molecule has 0 spiro atoms. The first kappa shape index (κ1) is 9.47. The summed E-state index contributed by atoms with van der Waals surface area (Å²) >= 11 is 0. The summed E-state index contributed by atoms with van der Waals surface area (Å²) in [6, 6.07) is 0. The van der Waals surface area contributed by atoms with E-state index in [2.05, 4.69) is 13.8 Å². The van der Waals surface area contributed by atoms with Crippen LogP contribution < -0.4 is 0 Å². The largest absolute Gasteiger partial charge is 0.387 e. The summed E-state index contributed by atoms with van der Waals surface area (Å²) in [6.07, 6.45) is 3.55. The number of hydrogen-bond donors (Lipinski definition) is 1. The molecular formula is C11H20O2. The van der Waals surface area contributed by atoms with Crippen molar-refractivity contribution >= 4 is 0 Å². The molecule has 4 atom stereocenters. The SMILES string of the molecule is CC(C)[C@H]1O[C@H](C)[C@]2(O)CCC[C@H]12. The molecule has 0 aromatic carbocycles. The van der Waals surface area contributed by atoms with Crippen LogP contribution in [-0.4, -0.2) is 22.9 Å². The van der Waals surface area contributed by atoms with Crippen molar-refractivity contribution in [1.82, 2.24) is 0 Å². The van der Waals surface area contributed by atoms with Crippen molar-refractivity contribution in [1.29, 1.82) is 0 Å². The highest BCUT2D eigenvalue weighted by Gasteiger charge is 2.56. The molecule has 2 nitrogen and oxygen atoms in total. The molecule has 0 aromatic rings. The first-order chi connectivity index (χ1) is 6.05. The van der Waals surface area contributed by atoms with Crippen molar-refractivity contribution in [2.24, 2.45) is 11.8 Å². The predicted molar refractivity (Wildman–Crippen MR) is 51.5 cm³/mol. The van der Waals surface area contributed by atoms with Crippen LogP contribution in [0.3, 0.4) is 0 Å². The Morgan fingerprint density at radius 3 is 2.77 bits per heavy atom. The predicted octanol–water partition coefficient (Wildman–Crippen LogP) is 1.96. The maximum atomic E-state index is 10.4. The van der Waals surface area contributed by atoms with Crippen molar-refractivity contribution in [2.75, 3.05) is 0 Å². The van der Waals surface area contributed by atoms with Gasteiger partial charge in [-0.15, -0.1) is 0 Å². The summed E-state index contributed by atoms with van der Waals surface area (Å²) in [5.74, 6) is 0.919. The highest BCUT2D eigenvalue weighted by atomic mass is 16.5. The van der Waals surface area contributed by atoms with Crippen LogP contribution in [0.15, 0.2) is 0 Å². The van der Waals surface area contributed by atoms with Crippen LogP contribution in [-0.2, 0) is 4.74 Å². The molecule has 2 aliphatic rings. The number of rotatable bonds is 1. The van der Waals surface area contributed by atoms with Crippen LogP contribution in [0.1, 0.15) is 40.0 Å². The van der Waals surface area contributed by atoms with Gasteiger partial charge in [-0.2, -0.15) is 0 Å². The van der Waals surface area contributed by atoms with Gasteiger partial charge in [0.15, 0.2) is 0 Å². The Hall–Kier alpha value is -0.0800. The van der Waals surface area contributed by atoms with Crippen molar-refractivity contribution in [3.8, 4) is 0 Å². The molecule has 1 aliphatic carbocycles. The van der Waals surface area contributed by atoms with Gasteiger partial charge in [0.2, 0.25) is 0 Å². The number of ether oxygens (including phenoxy) is 1. The van der Waals surface area contributed by atoms with Crippen LogP contribution in [0.4, 0.5) is 0 Å². The first-order valence-electron chi connectivity index (χ1n) is 5.43. The minimum Gasteiger partial charge on any atom is -0.387 e. The quantitative estimate of drug-likeness (QED) is 0.675. The second-order valence-electron chi connectivity index (χ2n) is 4.98. The van der Waals surface area contributed by atoms with E-state index in [-0.39, 0.29) is 12.2 Å². The van der Waals surface area contributed by atoms with Crippen LogP contribution >= 0.6 is 0 Å². The monoisotopic (exact) mass is 184 g/mol. The second kappa shape index (κ2) is 2.96. The van der Waals surface area contributed by atoms with Gasteiger partial charge in [-0.05, 0) is 32.1 Å². The maximum absolute atomic E-state index is 10.4. The van der Waals surface area contributed by atoms with Crippen LogP contribution in [0, 0.1) is 11.8 Å². The van der Waals surface area contributed by atoms with Gasteiger partial charge in [-0.1, -0.05) is 13.8 Å². The lowest BCUT2D eigenvalue weighted by Crippen LogP contribution is -2.39. The molecular weight excluding hydrogens is 164 g/mol. The van der Waals surface area contributed by atoms with E-state index in [1.54, 1.807) is 0 Å². The van der Waals surface area contributed by atoms with Crippen LogP contribution in [0.5, 0.6) is 0 Å². The standard InChI is InChI=1S/C11H20O2/c1-7(2)10-9-5-4-6-11(9,12)8(3)13-10/h7-10,12H,4-6H2,1-3H3/t8-,9-,10-,11-/m1/s1. The highest BCUT2D eigenvalue weighted by Crippen LogP contribution is 2.49. The molecule has 0 aromatic heterocycles. The van der Waals surface area contributed by atoms with Crippen molar-refractivity contribution in [2.45, 2.75) is 57.8 Å². The molecule has 2 rings (SSSR count). The third-order valence-corrected chi connectivity index (χ3v) is 3.85. The molecule has 1 heterocycles. The lowest BCUT2D eigenvalue weighted by molar-refractivity contribution is -0.0448. The van der Waals surface area contributed by atoms with Crippen molar-refractivity contribution < 1.29 is 9.84 Å². The zero-order valence-corrected chi connectivity index (χ0v) is 8.79. The molecule has 0 amide bonds. The van der Waals surface area contributed by atoms with Gasteiger partial charge in [-0.3, -0.25) is 0 Å². The van der Waals surface area contributed by atoms with Gasteiger partial charge in [0.05, 0.1) is 17.8 Å². The molecule has 0 radical (unpaired) electrons. The zero-order chi connectivity index (χ0) is 9.64. The van der Waals surface area contributed by atoms with Crippen LogP contribution in [0.2, 0.25) is 0 Å². The Balaban J connectivity index is 2.21. The van der Waals surface area contributed by atoms with E-state index in [0.29, 0.717) is 11.8 Å². The van der Waals surface area contributed by atoms with Crippen LogP contribution in [0.25, 0.3) is 0 Å². The average molecular weight is 184 g/mol. The third kappa shape index (κ3) is 1.23. The Labute approximate surface area is 80.3 Å². The van der Waals surface area contributed by atoms with Gasteiger partial charge in [-0.25, -0.2) is 0 Å². The Morgan fingerprint density at radius 1 is 1.46 bits per heavy atom. The van der Waals surface area contributed by atoms with E-state index in [1.807, 2.05) is 6.92 Å². The maximum Gasteiger partial charge on any atom is 0.0958 e. The lowest BCUT2D eigenvalue weighted by atomic mass is 9.83. The molecule has 1 saturated carbocycles. The molecule has 1 aliphatic heterocycles.